The number of alkyl halides is 2. The standard InChI is InChI=1S/C16H21F2N3/c1-12-9-13(2)21(20-12)8-4-7-19-11-14-5-3-6-15(10-14)16(17)18/h3,5-6,9-10,16,19H,4,7-8,11H2,1-2H3. The van der Waals surface area contributed by atoms with Crippen LogP contribution in [0.2, 0.25) is 0 Å². The number of aryl methyl sites for hydroxylation is 3. The maximum atomic E-state index is 12.6. The molecular weight excluding hydrogens is 272 g/mol. The van der Waals surface area contributed by atoms with Crippen molar-refractivity contribution in [1.29, 1.82) is 0 Å². The highest BCUT2D eigenvalue weighted by Gasteiger charge is 2.06. The van der Waals surface area contributed by atoms with Crippen LogP contribution in [0.1, 0.15) is 35.4 Å². The van der Waals surface area contributed by atoms with Crippen molar-refractivity contribution >= 4 is 0 Å². The lowest BCUT2D eigenvalue weighted by Gasteiger charge is -2.08. The van der Waals surface area contributed by atoms with E-state index >= 15 is 0 Å². The zero-order valence-electron chi connectivity index (χ0n) is 12.4. The molecule has 0 saturated carbocycles. The van der Waals surface area contributed by atoms with Gasteiger partial charge in [0, 0.05) is 24.3 Å². The highest BCUT2D eigenvalue weighted by Crippen LogP contribution is 2.19. The average Bonchev–Trinajstić information content (AvgIpc) is 2.77. The molecular formula is C16H21F2N3. The van der Waals surface area contributed by atoms with Crippen LogP contribution in [0.25, 0.3) is 0 Å². The third-order valence-corrected chi connectivity index (χ3v) is 3.36. The van der Waals surface area contributed by atoms with Crippen molar-refractivity contribution in [2.45, 2.75) is 39.8 Å². The van der Waals surface area contributed by atoms with Gasteiger partial charge in [-0.1, -0.05) is 18.2 Å². The SMILES string of the molecule is Cc1cc(C)n(CCCNCc2cccc(C(F)F)c2)n1. The predicted octanol–water partition coefficient (Wildman–Crippen LogP) is 3.62. The van der Waals surface area contributed by atoms with Gasteiger partial charge in [0.1, 0.15) is 0 Å². The minimum atomic E-state index is -2.41. The third-order valence-electron chi connectivity index (χ3n) is 3.36. The van der Waals surface area contributed by atoms with Gasteiger partial charge in [-0.05, 0) is 44.5 Å². The Bertz CT molecular complexity index is 579. The Hall–Kier alpha value is -1.75. The van der Waals surface area contributed by atoms with E-state index in [0.29, 0.717) is 6.54 Å². The molecule has 0 aliphatic carbocycles. The van der Waals surface area contributed by atoms with Crippen LogP contribution in [0.15, 0.2) is 30.3 Å². The first-order chi connectivity index (χ1) is 10.1. The number of nitrogens with one attached hydrogen (secondary N) is 1. The minimum absolute atomic E-state index is 0.0805. The van der Waals surface area contributed by atoms with Gasteiger partial charge in [-0.25, -0.2) is 8.78 Å². The van der Waals surface area contributed by atoms with Crippen molar-refractivity contribution in [3.63, 3.8) is 0 Å². The normalized spacial score (nSPS) is 11.3. The van der Waals surface area contributed by atoms with Crippen molar-refractivity contribution in [2.75, 3.05) is 6.54 Å². The fraction of sp³-hybridized carbons (Fsp3) is 0.438. The van der Waals surface area contributed by atoms with Crippen LogP contribution >= 0.6 is 0 Å². The summed E-state index contributed by atoms with van der Waals surface area (Å²) in [6.07, 6.45) is -1.45. The molecule has 21 heavy (non-hydrogen) atoms. The predicted molar refractivity (Wildman–Crippen MR) is 79.4 cm³/mol. The van der Waals surface area contributed by atoms with E-state index in [-0.39, 0.29) is 5.56 Å². The van der Waals surface area contributed by atoms with Gasteiger partial charge in [-0.15, -0.1) is 0 Å². The number of benzene rings is 1. The van der Waals surface area contributed by atoms with Crippen molar-refractivity contribution in [1.82, 2.24) is 15.1 Å². The largest absolute Gasteiger partial charge is 0.313 e. The molecule has 0 radical (unpaired) electrons. The summed E-state index contributed by atoms with van der Waals surface area (Å²) in [5.74, 6) is 0. The summed E-state index contributed by atoms with van der Waals surface area (Å²) in [7, 11) is 0. The molecule has 2 rings (SSSR count). The van der Waals surface area contributed by atoms with Crippen LogP contribution in [0, 0.1) is 13.8 Å². The maximum absolute atomic E-state index is 12.6. The van der Waals surface area contributed by atoms with Crippen LogP contribution in [0.5, 0.6) is 0 Å². The van der Waals surface area contributed by atoms with E-state index in [9.17, 15) is 8.78 Å². The maximum Gasteiger partial charge on any atom is 0.263 e. The number of halogens is 2. The lowest BCUT2D eigenvalue weighted by Crippen LogP contribution is -2.17. The molecule has 5 heteroatoms. The molecule has 1 aromatic carbocycles. The van der Waals surface area contributed by atoms with Crippen molar-refractivity contribution in [2.24, 2.45) is 0 Å². The summed E-state index contributed by atoms with van der Waals surface area (Å²) in [6.45, 7) is 6.33. The first-order valence-electron chi connectivity index (χ1n) is 7.15. The lowest BCUT2D eigenvalue weighted by molar-refractivity contribution is 0.151. The van der Waals surface area contributed by atoms with Crippen LogP contribution in [-0.4, -0.2) is 16.3 Å². The van der Waals surface area contributed by atoms with Crippen LogP contribution in [0.4, 0.5) is 8.78 Å². The molecule has 0 fully saturated rings. The molecule has 1 N–H and O–H groups in total. The molecule has 0 aliphatic heterocycles. The van der Waals surface area contributed by atoms with Crippen molar-refractivity contribution < 1.29 is 8.78 Å². The number of rotatable bonds is 7. The van der Waals surface area contributed by atoms with Crippen LogP contribution in [-0.2, 0) is 13.1 Å². The minimum Gasteiger partial charge on any atom is -0.313 e. The molecule has 1 aromatic heterocycles. The summed E-state index contributed by atoms with van der Waals surface area (Å²) >= 11 is 0. The lowest BCUT2D eigenvalue weighted by atomic mass is 10.1. The molecule has 0 saturated heterocycles. The molecule has 114 valence electrons. The zero-order valence-corrected chi connectivity index (χ0v) is 12.4. The Morgan fingerprint density at radius 1 is 1.24 bits per heavy atom. The summed E-state index contributed by atoms with van der Waals surface area (Å²) in [6, 6.07) is 8.60. The van der Waals surface area contributed by atoms with E-state index in [0.717, 1.165) is 36.5 Å². The average molecular weight is 293 g/mol. The van der Waals surface area contributed by atoms with Crippen LogP contribution in [0.3, 0.4) is 0 Å². The van der Waals surface area contributed by atoms with Gasteiger partial charge in [-0.3, -0.25) is 4.68 Å². The Morgan fingerprint density at radius 3 is 2.71 bits per heavy atom. The molecule has 0 unspecified atom stereocenters. The van der Waals surface area contributed by atoms with Gasteiger partial charge in [0.25, 0.3) is 6.43 Å². The fourth-order valence-corrected chi connectivity index (χ4v) is 2.33. The van der Waals surface area contributed by atoms with Gasteiger partial charge in [0.2, 0.25) is 0 Å². The molecule has 3 nitrogen and oxygen atoms in total. The molecule has 0 spiro atoms. The van der Waals surface area contributed by atoms with Crippen LogP contribution < -0.4 is 5.32 Å². The summed E-state index contributed by atoms with van der Waals surface area (Å²) in [5.41, 5.74) is 3.16. The van der Waals surface area contributed by atoms with Gasteiger partial charge in [0.05, 0.1) is 5.69 Å². The zero-order chi connectivity index (χ0) is 15.2. The molecule has 0 amide bonds. The van der Waals surface area contributed by atoms with Crippen molar-refractivity contribution in [3.8, 4) is 0 Å². The summed E-state index contributed by atoms with van der Waals surface area (Å²) in [4.78, 5) is 0. The number of nitrogens with zero attached hydrogens (tertiary/aromatic N) is 2. The van der Waals surface area contributed by atoms with E-state index in [4.69, 9.17) is 0 Å². The Labute approximate surface area is 124 Å². The molecule has 2 aromatic rings. The van der Waals surface area contributed by atoms with Gasteiger partial charge < -0.3 is 5.32 Å². The molecule has 0 atom stereocenters. The van der Waals surface area contributed by atoms with E-state index in [1.54, 1.807) is 12.1 Å². The monoisotopic (exact) mass is 293 g/mol. The van der Waals surface area contributed by atoms with Gasteiger partial charge in [-0.2, -0.15) is 5.10 Å². The highest BCUT2D eigenvalue weighted by atomic mass is 19.3. The third kappa shape index (κ3) is 4.63. The smallest absolute Gasteiger partial charge is 0.263 e. The number of aromatic nitrogens is 2. The van der Waals surface area contributed by atoms with E-state index in [1.807, 2.05) is 24.6 Å². The molecule has 0 bridgehead atoms. The van der Waals surface area contributed by atoms with Gasteiger partial charge in [0.15, 0.2) is 0 Å². The number of hydrogen-bond acceptors (Lipinski definition) is 2. The first-order valence-corrected chi connectivity index (χ1v) is 7.15. The molecule has 1 heterocycles. The molecule has 0 aliphatic rings. The van der Waals surface area contributed by atoms with E-state index < -0.39 is 6.43 Å². The Balaban J connectivity index is 1.72. The Morgan fingerprint density at radius 2 is 2.05 bits per heavy atom. The summed E-state index contributed by atoms with van der Waals surface area (Å²) < 4.78 is 27.2. The van der Waals surface area contributed by atoms with E-state index in [2.05, 4.69) is 16.5 Å². The number of hydrogen-bond donors (Lipinski definition) is 1. The first kappa shape index (κ1) is 15.6. The fourth-order valence-electron chi connectivity index (χ4n) is 2.33. The van der Waals surface area contributed by atoms with Gasteiger partial charge >= 0.3 is 0 Å². The van der Waals surface area contributed by atoms with Crippen molar-refractivity contribution in [3.05, 3.63) is 52.8 Å². The van der Waals surface area contributed by atoms with E-state index in [1.165, 1.54) is 6.07 Å². The Kier molecular flexibility index (Phi) is 5.44. The second-order valence-corrected chi connectivity index (χ2v) is 5.23. The second-order valence-electron chi connectivity index (χ2n) is 5.23. The quantitative estimate of drug-likeness (QED) is 0.790. The summed E-state index contributed by atoms with van der Waals surface area (Å²) in [5, 5.41) is 7.68. The topological polar surface area (TPSA) is 29.9 Å². The second kappa shape index (κ2) is 7.31. The highest BCUT2D eigenvalue weighted by molar-refractivity contribution is 5.24.